The molecule has 0 saturated carbocycles. The summed E-state index contributed by atoms with van der Waals surface area (Å²) in [4.78, 5) is 17.3. The van der Waals surface area contributed by atoms with Gasteiger partial charge in [0, 0.05) is 62.8 Å². The van der Waals surface area contributed by atoms with Crippen LogP contribution in [-0.4, -0.2) is 51.8 Å². The summed E-state index contributed by atoms with van der Waals surface area (Å²) < 4.78 is 32.3. The van der Waals surface area contributed by atoms with Crippen LogP contribution < -0.4 is 4.90 Å². The molecule has 0 unspecified atom stereocenters. The molecular weight excluding hydrogens is 372 g/mol. The number of rotatable bonds is 5. The third-order valence-electron chi connectivity index (χ3n) is 4.42. The van der Waals surface area contributed by atoms with E-state index in [4.69, 9.17) is 4.42 Å². The Morgan fingerprint density at radius 1 is 1.07 bits per heavy atom. The van der Waals surface area contributed by atoms with Crippen molar-refractivity contribution < 1.29 is 13.2 Å². The van der Waals surface area contributed by atoms with Gasteiger partial charge in [0.1, 0.15) is 5.52 Å². The van der Waals surface area contributed by atoms with Gasteiger partial charge in [0.05, 0.1) is 0 Å². The Balaban J connectivity index is 1.37. The molecule has 1 fully saturated rings. The SMILES string of the molecule is CCSc1ncc(CN2CCN(c3nc4cc(F)c(F)cc4o3)CC2)cn1. The summed E-state index contributed by atoms with van der Waals surface area (Å²) in [6.45, 7) is 5.96. The number of fused-ring (bicyclic) bond motifs is 1. The van der Waals surface area contributed by atoms with Crippen LogP contribution in [0.2, 0.25) is 0 Å². The lowest BCUT2D eigenvalue weighted by molar-refractivity contribution is 0.245. The number of benzene rings is 1. The lowest BCUT2D eigenvalue weighted by Gasteiger charge is -2.33. The molecule has 9 heteroatoms. The fourth-order valence-corrected chi connectivity index (χ4v) is 3.54. The van der Waals surface area contributed by atoms with Gasteiger partial charge >= 0.3 is 0 Å². The maximum atomic E-state index is 13.3. The third kappa shape index (κ3) is 4.03. The van der Waals surface area contributed by atoms with Gasteiger partial charge in [-0.3, -0.25) is 4.90 Å². The van der Waals surface area contributed by atoms with E-state index in [0.717, 1.165) is 61.3 Å². The Bertz CT molecular complexity index is 886. The monoisotopic (exact) mass is 391 g/mol. The number of halogens is 2. The predicted molar refractivity (Wildman–Crippen MR) is 99.8 cm³/mol. The van der Waals surface area contributed by atoms with E-state index in [2.05, 4.69) is 26.8 Å². The Labute approximate surface area is 159 Å². The summed E-state index contributed by atoms with van der Waals surface area (Å²) in [5, 5.41) is 0.801. The van der Waals surface area contributed by atoms with E-state index >= 15 is 0 Å². The van der Waals surface area contributed by atoms with Crippen molar-refractivity contribution in [2.45, 2.75) is 18.6 Å². The summed E-state index contributed by atoms with van der Waals surface area (Å²) in [7, 11) is 0. The van der Waals surface area contributed by atoms with E-state index in [-0.39, 0.29) is 5.58 Å². The second-order valence-electron chi connectivity index (χ2n) is 6.30. The molecule has 0 spiro atoms. The van der Waals surface area contributed by atoms with Crippen LogP contribution in [0.1, 0.15) is 12.5 Å². The molecule has 27 heavy (non-hydrogen) atoms. The lowest BCUT2D eigenvalue weighted by Crippen LogP contribution is -2.46. The van der Waals surface area contributed by atoms with Crippen molar-refractivity contribution in [1.29, 1.82) is 0 Å². The van der Waals surface area contributed by atoms with Crippen molar-refractivity contribution in [2.24, 2.45) is 0 Å². The van der Waals surface area contributed by atoms with Crippen LogP contribution in [0.15, 0.2) is 34.1 Å². The molecule has 0 atom stereocenters. The third-order valence-corrected chi connectivity index (χ3v) is 5.18. The molecule has 0 aliphatic carbocycles. The van der Waals surface area contributed by atoms with Gasteiger partial charge in [0.2, 0.25) is 0 Å². The highest BCUT2D eigenvalue weighted by Crippen LogP contribution is 2.25. The summed E-state index contributed by atoms with van der Waals surface area (Å²) in [5.41, 5.74) is 1.67. The van der Waals surface area contributed by atoms with Crippen LogP contribution in [0.5, 0.6) is 0 Å². The molecule has 0 bridgehead atoms. The lowest BCUT2D eigenvalue weighted by atomic mass is 10.2. The first-order valence-corrected chi connectivity index (χ1v) is 9.77. The molecule has 0 amide bonds. The zero-order valence-electron chi connectivity index (χ0n) is 14.9. The van der Waals surface area contributed by atoms with Crippen LogP contribution in [0, 0.1) is 11.6 Å². The number of hydrogen-bond donors (Lipinski definition) is 0. The van der Waals surface area contributed by atoms with Crippen molar-refractivity contribution in [2.75, 3.05) is 36.8 Å². The Morgan fingerprint density at radius 2 is 1.78 bits per heavy atom. The first-order chi connectivity index (χ1) is 13.1. The quantitative estimate of drug-likeness (QED) is 0.488. The first kappa shape index (κ1) is 18.1. The second kappa shape index (κ2) is 7.77. The number of oxazole rings is 1. The molecule has 0 radical (unpaired) electrons. The van der Waals surface area contributed by atoms with E-state index in [1.54, 1.807) is 11.8 Å². The van der Waals surface area contributed by atoms with E-state index in [1.165, 1.54) is 0 Å². The molecular formula is C18H19F2N5OS. The summed E-state index contributed by atoms with van der Waals surface area (Å²) >= 11 is 1.62. The highest BCUT2D eigenvalue weighted by molar-refractivity contribution is 7.99. The van der Waals surface area contributed by atoms with Gasteiger partial charge < -0.3 is 9.32 Å². The Kier molecular flexibility index (Phi) is 5.22. The minimum Gasteiger partial charge on any atom is -0.423 e. The van der Waals surface area contributed by atoms with Crippen molar-refractivity contribution in [1.82, 2.24) is 19.9 Å². The molecule has 1 saturated heterocycles. The van der Waals surface area contributed by atoms with Crippen LogP contribution in [0.25, 0.3) is 11.1 Å². The van der Waals surface area contributed by atoms with Gasteiger partial charge in [0.15, 0.2) is 22.4 Å². The zero-order valence-corrected chi connectivity index (χ0v) is 15.7. The highest BCUT2D eigenvalue weighted by atomic mass is 32.2. The maximum absolute atomic E-state index is 13.3. The van der Waals surface area contributed by atoms with Crippen molar-refractivity contribution in [3.63, 3.8) is 0 Å². The van der Waals surface area contributed by atoms with Gasteiger partial charge in [-0.2, -0.15) is 4.98 Å². The smallest absolute Gasteiger partial charge is 0.298 e. The number of nitrogens with zero attached hydrogens (tertiary/aromatic N) is 5. The van der Waals surface area contributed by atoms with Gasteiger partial charge in [-0.05, 0) is 5.75 Å². The summed E-state index contributed by atoms with van der Waals surface area (Å²) in [6.07, 6.45) is 3.75. The molecule has 1 aromatic carbocycles. The van der Waals surface area contributed by atoms with Gasteiger partial charge in [-0.15, -0.1) is 0 Å². The van der Waals surface area contributed by atoms with Crippen LogP contribution in [0.4, 0.5) is 14.8 Å². The van der Waals surface area contributed by atoms with Crippen molar-refractivity contribution in [3.8, 4) is 0 Å². The normalized spacial score (nSPS) is 15.6. The average molecular weight is 391 g/mol. The number of thioether (sulfide) groups is 1. The van der Waals surface area contributed by atoms with Crippen molar-refractivity contribution in [3.05, 3.63) is 41.7 Å². The minimum absolute atomic E-state index is 0.258. The van der Waals surface area contributed by atoms with Crippen LogP contribution in [-0.2, 0) is 6.54 Å². The molecule has 3 heterocycles. The number of anilines is 1. The van der Waals surface area contributed by atoms with Gasteiger partial charge in [0.25, 0.3) is 6.01 Å². The number of piperazine rings is 1. The molecule has 2 aromatic heterocycles. The van der Waals surface area contributed by atoms with Gasteiger partial charge in [-0.1, -0.05) is 18.7 Å². The van der Waals surface area contributed by atoms with E-state index in [9.17, 15) is 8.78 Å². The van der Waals surface area contributed by atoms with E-state index in [0.29, 0.717) is 11.5 Å². The molecule has 142 valence electrons. The van der Waals surface area contributed by atoms with Gasteiger partial charge in [-0.25, -0.2) is 18.7 Å². The highest BCUT2D eigenvalue weighted by Gasteiger charge is 2.22. The Hall–Kier alpha value is -2.26. The average Bonchev–Trinajstić information content (AvgIpc) is 3.07. The summed E-state index contributed by atoms with van der Waals surface area (Å²) in [5.74, 6) is -0.894. The molecule has 4 rings (SSSR count). The van der Waals surface area contributed by atoms with Crippen molar-refractivity contribution >= 4 is 28.9 Å². The van der Waals surface area contributed by atoms with Crippen LogP contribution in [0.3, 0.4) is 0 Å². The molecule has 1 aliphatic rings. The number of hydrogen-bond acceptors (Lipinski definition) is 7. The van der Waals surface area contributed by atoms with Crippen LogP contribution >= 0.6 is 11.8 Å². The maximum Gasteiger partial charge on any atom is 0.298 e. The standard InChI is InChI=1S/C18H19F2N5OS/c1-2-27-17-21-9-12(10-22-17)11-24-3-5-25(6-4-24)18-23-15-7-13(19)14(20)8-16(15)26-18/h7-10H,2-6,11H2,1H3. The largest absolute Gasteiger partial charge is 0.423 e. The second-order valence-corrected chi connectivity index (χ2v) is 7.53. The minimum atomic E-state index is -0.930. The summed E-state index contributed by atoms with van der Waals surface area (Å²) in [6, 6.07) is 2.51. The van der Waals surface area contributed by atoms with E-state index in [1.807, 2.05) is 17.3 Å². The fraction of sp³-hybridized carbons (Fsp3) is 0.389. The molecule has 1 aliphatic heterocycles. The molecule has 3 aromatic rings. The fourth-order valence-electron chi connectivity index (χ4n) is 3.03. The van der Waals surface area contributed by atoms with E-state index < -0.39 is 11.6 Å². The topological polar surface area (TPSA) is 58.3 Å². The number of aromatic nitrogens is 3. The Morgan fingerprint density at radius 3 is 2.48 bits per heavy atom. The molecule has 0 N–H and O–H groups in total. The predicted octanol–water partition coefficient (Wildman–Crippen LogP) is 3.33. The molecule has 6 nitrogen and oxygen atoms in total. The zero-order chi connectivity index (χ0) is 18.8. The first-order valence-electron chi connectivity index (χ1n) is 8.79.